The first kappa shape index (κ1) is 21.9. The first-order valence-electron chi connectivity index (χ1n) is 9.66. The summed E-state index contributed by atoms with van der Waals surface area (Å²) in [5, 5.41) is 29.5. The molecule has 12 heteroatoms. The normalized spacial score (nSPS) is 10.7. The van der Waals surface area contributed by atoms with Crippen LogP contribution in [0.2, 0.25) is 0 Å². The minimum Gasteiger partial charge on any atom is -0.326 e. The monoisotopic (exact) mass is 463 g/mol. The Morgan fingerprint density at radius 3 is 2.45 bits per heavy atom. The number of anilines is 2. The van der Waals surface area contributed by atoms with E-state index >= 15 is 0 Å². The molecule has 0 aliphatic heterocycles. The maximum atomic E-state index is 12.4. The summed E-state index contributed by atoms with van der Waals surface area (Å²) in [6.07, 6.45) is 0. The number of thioether (sulfide) groups is 1. The largest absolute Gasteiger partial charge is 0.326 e. The summed E-state index contributed by atoms with van der Waals surface area (Å²) in [5.74, 6) is -0.360. The molecule has 0 aliphatic rings. The highest BCUT2D eigenvalue weighted by Gasteiger charge is 2.13. The zero-order valence-corrected chi connectivity index (χ0v) is 18.1. The smallest absolute Gasteiger partial charge is 0.270 e. The van der Waals surface area contributed by atoms with Gasteiger partial charge in [-0.3, -0.25) is 19.7 Å². The van der Waals surface area contributed by atoms with Crippen LogP contribution in [0.15, 0.2) is 65.8 Å². The van der Waals surface area contributed by atoms with E-state index in [1.807, 2.05) is 0 Å². The van der Waals surface area contributed by atoms with Crippen molar-refractivity contribution in [2.75, 3.05) is 16.4 Å². The van der Waals surface area contributed by atoms with Gasteiger partial charge in [-0.25, -0.2) is 0 Å². The molecular weight excluding hydrogens is 446 g/mol. The van der Waals surface area contributed by atoms with Gasteiger partial charge in [-0.1, -0.05) is 23.9 Å². The lowest BCUT2D eigenvalue weighted by Crippen LogP contribution is -2.14. The summed E-state index contributed by atoms with van der Waals surface area (Å²) >= 11 is 1.16. The summed E-state index contributed by atoms with van der Waals surface area (Å²) in [4.78, 5) is 34.0. The first-order valence-corrected chi connectivity index (χ1v) is 10.7. The Balaban J connectivity index is 1.45. The molecule has 0 fully saturated rings. The number of nitrogens with zero attached hydrogens (tertiary/aromatic N) is 5. The third kappa shape index (κ3) is 5.30. The number of nitro benzene ring substituents is 1. The van der Waals surface area contributed by atoms with Crippen molar-refractivity contribution < 1.29 is 14.5 Å². The van der Waals surface area contributed by atoms with Gasteiger partial charge in [0.2, 0.25) is 17.0 Å². The number of non-ortho nitro benzene ring substituents is 1. The van der Waals surface area contributed by atoms with E-state index in [1.54, 1.807) is 48.5 Å². The fourth-order valence-corrected chi connectivity index (χ4v) is 3.65. The second-order valence-electron chi connectivity index (χ2n) is 6.87. The third-order valence-corrected chi connectivity index (χ3v) is 5.33. The van der Waals surface area contributed by atoms with Crippen LogP contribution in [0.25, 0.3) is 16.9 Å². The Labute approximate surface area is 191 Å². The van der Waals surface area contributed by atoms with Gasteiger partial charge in [-0.05, 0) is 36.4 Å². The SMILES string of the molecule is CC(=O)Nc1ccc(NC(=O)CSc2nnc3ccc(-c4cccc([N+](=O)[O-])c4)nn23)cc1. The van der Waals surface area contributed by atoms with Crippen LogP contribution in [0, 0.1) is 10.1 Å². The quantitative estimate of drug-likeness (QED) is 0.241. The number of fused-ring (bicyclic) bond motifs is 1. The molecule has 2 amide bonds. The van der Waals surface area contributed by atoms with Gasteiger partial charge in [0.1, 0.15) is 0 Å². The molecule has 33 heavy (non-hydrogen) atoms. The molecule has 0 aliphatic carbocycles. The molecule has 2 heterocycles. The van der Waals surface area contributed by atoms with Crippen LogP contribution < -0.4 is 10.6 Å². The van der Waals surface area contributed by atoms with Crippen LogP contribution in [0.4, 0.5) is 17.1 Å². The Kier molecular flexibility index (Phi) is 6.26. The number of hydrogen-bond donors (Lipinski definition) is 2. The molecule has 2 aromatic heterocycles. The Morgan fingerprint density at radius 2 is 1.76 bits per heavy atom. The molecule has 0 spiro atoms. The Morgan fingerprint density at radius 1 is 1.03 bits per heavy atom. The first-order chi connectivity index (χ1) is 15.9. The third-order valence-electron chi connectivity index (χ3n) is 4.41. The lowest BCUT2D eigenvalue weighted by atomic mass is 10.1. The van der Waals surface area contributed by atoms with Gasteiger partial charge in [-0.2, -0.15) is 9.61 Å². The van der Waals surface area contributed by atoms with Gasteiger partial charge in [0.25, 0.3) is 5.69 Å². The number of nitrogens with one attached hydrogen (secondary N) is 2. The summed E-state index contributed by atoms with van der Waals surface area (Å²) < 4.78 is 1.49. The van der Waals surface area contributed by atoms with Gasteiger partial charge in [0.15, 0.2) is 5.65 Å². The van der Waals surface area contributed by atoms with E-state index in [4.69, 9.17) is 0 Å². The van der Waals surface area contributed by atoms with Crippen molar-refractivity contribution in [1.82, 2.24) is 19.8 Å². The van der Waals surface area contributed by atoms with Gasteiger partial charge in [0, 0.05) is 36.0 Å². The lowest BCUT2D eigenvalue weighted by Gasteiger charge is -2.07. The predicted molar refractivity (Wildman–Crippen MR) is 123 cm³/mol. The topological polar surface area (TPSA) is 144 Å². The van der Waals surface area contributed by atoms with E-state index in [0.717, 1.165) is 11.8 Å². The molecule has 0 saturated heterocycles. The minimum atomic E-state index is -0.464. The zero-order chi connectivity index (χ0) is 23.4. The van der Waals surface area contributed by atoms with Crippen molar-refractivity contribution >= 4 is 46.3 Å². The van der Waals surface area contributed by atoms with Crippen LogP contribution in [0.1, 0.15) is 6.92 Å². The molecule has 0 bridgehead atoms. The summed E-state index contributed by atoms with van der Waals surface area (Å²) in [7, 11) is 0. The molecule has 166 valence electrons. The molecule has 4 aromatic rings. The van der Waals surface area contributed by atoms with Crippen molar-refractivity contribution in [3.8, 4) is 11.3 Å². The van der Waals surface area contributed by atoms with Gasteiger partial charge in [-0.15, -0.1) is 10.2 Å². The molecule has 2 N–H and O–H groups in total. The van der Waals surface area contributed by atoms with Crippen molar-refractivity contribution in [3.05, 3.63) is 70.8 Å². The van der Waals surface area contributed by atoms with E-state index in [1.165, 1.54) is 23.6 Å². The maximum Gasteiger partial charge on any atom is 0.270 e. The highest BCUT2D eigenvalue weighted by Crippen LogP contribution is 2.24. The van der Waals surface area contributed by atoms with Crippen molar-refractivity contribution in [1.29, 1.82) is 0 Å². The van der Waals surface area contributed by atoms with Gasteiger partial charge >= 0.3 is 0 Å². The lowest BCUT2D eigenvalue weighted by molar-refractivity contribution is -0.384. The highest BCUT2D eigenvalue weighted by atomic mass is 32.2. The number of aromatic nitrogens is 4. The van der Waals surface area contributed by atoms with Crippen LogP contribution in [-0.2, 0) is 9.59 Å². The average molecular weight is 463 g/mol. The fraction of sp³-hybridized carbons (Fsp3) is 0.0952. The van der Waals surface area contributed by atoms with E-state index < -0.39 is 4.92 Å². The number of carbonyl (C=O) groups excluding carboxylic acids is 2. The number of nitro groups is 1. The summed E-state index contributed by atoms with van der Waals surface area (Å²) in [6.45, 7) is 1.42. The zero-order valence-electron chi connectivity index (χ0n) is 17.3. The second kappa shape index (κ2) is 9.44. The molecule has 0 radical (unpaired) electrons. The van der Waals surface area contributed by atoms with Crippen LogP contribution in [0.5, 0.6) is 0 Å². The van der Waals surface area contributed by atoms with E-state index in [-0.39, 0.29) is 23.3 Å². The second-order valence-corrected chi connectivity index (χ2v) is 7.82. The molecule has 0 saturated carbocycles. The summed E-state index contributed by atoms with van der Waals surface area (Å²) in [5.41, 5.74) is 2.77. The Hall–Kier alpha value is -4.32. The molecule has 4 rings (SSSR count). The van der Waals surface area contributed by atoms with Crippen LogP contribution in [0.3, 0.4) is 0 Å². The van der Waals surface area contributed by atoms with Crippen molar-refractivity contribution in [3.63, 3.8) is 0 Å². The predicted octanol–water partition coefficient (Wildman–Crippen LogP) is 3.39. The molecule has 0 atom stereocenters. The van der Waals surface area contributed by atoms with Crippen LogP contribution >= 0.6 is 11.8 Å². The minimum absolute atomic E-state index is 0.0328. The number of amides is 2. The van der Waals surface area contributed by atoms with Crippen molar-refractivity contribution in [2.24, 2.45) is 0 Å². The number of carbonyl (C=O) groups is 2. The molecule has 2 aromatic carbocycles. The van der Waals surface area contributed by atoms with Gasteiger partial charge < -0.3 is 10.6 Å². The molecular formula is C21H17N7O4S. The maximum absolute atomic E-state index is 12.4. The summed E-state index contributed by atoms with van der Waals surface area (Å²) in [6, 6.07) is 16.3. The highest BCUT2D eigenvalue weighted by molar-refractivity contribution is 7.99. The molecule has 0 unspecified atom stereocenters. The number of benzene rings is 2. The van der Waals surface area contributed by atoms with Crippen molar-refractivity contribution in [2.45, 2.75) is 12.1 Å². The molecule has 11 nitrogen and oxygen atoms in total. The number of rotatable bonds is 7. The Bertz CT molecular complexity index is 1350. The van der Waals surface area contributed by atoms with Crippen LogP contribution in [-0.4, -0.2) is 42.3 Å². The average Bonchev–Trinajstić information content (AvgIpc) is 3.21. The standard InChI is InChI=1S/C21H17N7O4S/c1-13(29)22-15-5-7-16(8-6-15)23-20(30)12-33-21-25-24-19-10-9-18(26-27(19)21)14-3-2-4-17(11-14)28(31)32/h2-11H,12H2,1H3,(H,22,29)(H,23,30). The fourth-order valence-electron chi connectivity index (χ4n) is 2.96. The van der Waals surface area contributed by atoms with E-state index in [0.29, 0.717) is 33.4 Å². The van der Waals surface area contributed by atoms with Gasteiger partial charge in [0.05, 0.1) is 16.4 Å². The number of hydrogen-bond acceptors (Lipinski definition) is 8. The van der Waals surface area contributed by atoms with E-state index in [9.17, 15) is 19.7 Å². The van der Waals surface area contributed by atoms with E-state index in [2.05, 4.69) is 25.9 Å².